The van der Waals surface area contributed by atoms with E-state index in [4.69, 9.17) is 9.84 Å². The van der Waals surface area contributed by atoms with Crippen molar-refractivity contribution in [2.24, 2.45) is 4.99 Å². The molecule has 2 aliphatic heterocycles. The van der Waals surface area contributed by atoms with Crippen molar-refractivity contribution < 1.29 is 28.8 Å². The lowest BCUT2D eigenvalue weighted by atomic mass is 9.99. The summed E-state index contributed by atoms with van der Waals surface area (Å²) in [5.74, 6) is 0. The van der Waals surface area contributed by atoms with Crippen molar-refractivity contribution in [1.82, 2.24) is 0 Å². The molecule has 0 spiro atoms. The van der Waals surface area contributed by atoms with Gasteiger partial charge in [0, 0.05) is 0 Å². The molecule has 1 unspecified atom stereocenters. The van der Waals surface area contributed by atoms with Crippen molar-refractivity contribution in [3.05, 3.63) is 0 Å². The maximum atomic E-state index is 12.4. The first-order chi connectivity index (χ1) is 7.54. The molecule has 8 heteroatoms. The molecule has 2 heterocycles. The third-order valence-corrected chi connectivity index (χ3v) is 3.70. The summed E-state index contributed by atoms with van der Waals surface area (Å²) in [5.41, 5.74) is -0.764. The summed E-state index contributed by atoms with van der Waals surface area (Å²) in [6.45, 7) is -0.480. The summed E-state index contributed by atoms with van der Waals surface area (Å²) < 4.78 is 29.9. The minimum absolute atomic E-state index is 0.403. The largest absolute Gasteiger partial charge is 0.394 e. The highest BCUT2D eigenvalue weighted by molar-refractivity contribution is 8.14. The third kappa shape index (κ3) is 1.95. The van der Waals surface area contributed by atoms with E-state index in [0.717, 1.165) is 11.8 Å². The molecular formula is C8H11F2NO4S. The normalized spacial score (nSPS) is 43.4. The number of hydrogen-bond donors (Lipinski definition) is 3. The number of alkyl halides is 2. The minimum Gasteiger partial charge on any atom is -0.394 e. The number of thioether (sulfide) groups is 1. The van der Waals surface area contributed by atoms with Crippen LogP contribution in [0.15, 0.2) is 4.99 Å². The van der Waals surface area contributed by atoms with Gasteiger partial charge in [-0.25, -0.2) is 8.78 Å². The van der Waals surface area contributed by atoms with Crippen LogP contribution in [0.3, 0.4) is 0 Å². The van der Waals surface area contributed by atoms with Crippen molar-refractivity contribution in [3.8, 4) is 0 Å². The fraction of sp³-hybridized carbons (Fsp3) is 0.875. The van der Waals surface area contributed by atoms with Gasteiger partial charge in [0.15, 0.2) is 0 Å². The number of nitrogens with zero attached hydrogens (tertiary/aromatic N) is 1. The van der Waals surface area contributed by atoms with E-state index in [9.17, 15) is 19.0 Å². The van der Waals surface area contributed by atoms with Gasteiger partial charge in [-0.2, -0.15) is 0 Å². The highest BCUT2D eigenvalue weighted by Gasteiger charge is 2.48. The number of fused-ring (bicyclic) bond motifs is 1. The van der Waals surface area contributed by atoms with Gasteiger partial charge < -0.3 is 20.1 Å². The molecule has 3 N–H and O–H groups in total. The minimum atomic E-state index is -2.71. The van der Waals surface area contributed by atoms with Crippen LogP contribution < -0.4 is 0 Å². The summed E-state index contributed by atoms with van der Waals surface area (Å²) in [6.07, 6.45) is -6.28. The summed E-state index contributed by atoms with van der Waals surface area (Å²) in [5, 5.41) is 27.6. The first kappa shape index (κ1) is 12.2. The Balaban J connectivity index is 2.14. The van der Waals surface area contributed by atoms with Gasteiger partial charge in [-0.15, -0.1) is 0 Å². The zero-order valence-electron chi connectivity index (χ0n) is 8.03. The topological polar surface area (TPSA) is 82.3 Å². The first-order valence-electron chi connectivity index (χ1n) is 4.69. The van der Waals surface area contributed by atoms with Crippen molar-refractivity contribution in [3.63, 3.8) is 0 Å². The van der Waals surface area contributed by atoms with Crippen molar-refractivity contribution >= 4 is 16.8 Å². The quantitative estimate of drug-likeness (QED) is 0.602. The van der Waals surface area contributed by atoms with Gasteiger partial charge in [-0.3, -0.25) is 4.99 Å². The van der Waals surface area contributed by atoms with E-state index < -0.39 is 47.9 Å². The Morgan fingerprint density at radius 3 is 2.62 bits per heavy atom. The van der Waals surface area contributed by atoms with E-state index in [1.807, 2.05) is 0 Å². The Bertz CT molecular complexity index is 304. The number of ether oxygens (including phenoxy) is 1. The fourth-order valence-electron chi connectivity index (χ4n) is 1.71. The molecule has 0 aromatic rings. The van der Waals surface area contributed by atoms with Gasteiger partial charge in [-0.05, 0) is 0 Å². The van der Waals surface area contributed by atoms with Gasteiger partial charge in [0.05, 0.1) is 6.61 Å². The number of rotatable bonds is 2. The molecule has 1 fully saturated rings. The van der Waals surface area contributed by atoms with E-state index in [1.54, 1.807) is 0 Å². The predicted octanol–water partition coefficient (Wildman–Crippen LogP) is -0.796. The second-order valence-electron chi connectivity index (χ2n) is 3.58. The Kier molecular flexibility index (Phi) is 3.45. The molecule has 0 saturated carbocycles. The lowest BCUT2D eigenvalue weighted by molar-refractivity contribution is -0.164. The molecule has 0 aromatic heterocycles. The number of aliphatic hydroxyl groups excluding tert-OH is 3. The van der Waals surface area contributed by atoms with Gasteiger partial charge in [0.2, 0.25) is 0 Å². The van der Waals surface area contributed by atoms with Crippen LogP contribution in [0.4, 0.5) is 8.78 Å². The second kappa shape index (κ2) is 4.53. The van der Waals surface area contributed by atoms with Crippen LogP contribution in [0.2, 0.25) is 0 Å². The highest BCUT2D eigenvalue weighted by atomic mass is 32.2. The summed E-state index contributed by atoms with van der Waals surface area (Å²) in [6, 6.07) is -0.896. The van der Waals surface area contributed by atoms with Crippen LogP contribution in [-0.2, 0) is 4.74 Å². The van der Waals surface area contributed by atoms with Crippen LogP contribution in [0.25, 0.3) is 0 Å². The molecule has 0 amide bonds. The van der Waals surface area contributed by atoms with Crippen LogP contribution in [0.1, 0.15) is 0 Å². The van der Waals surface area contributed by atoms with E-state index in [1.165, 1.54) is 0 Å². The van der Waals surface area contributed by atoms with Crippen LogP contribution in [0.5, 0.6) is 0 Å². The maximum Gasteiger partial charge on any atom is 0.285 e. The Labute approximate surface area is 94.1 Å². The lowest BCUT2D eigenvalue weighted by Gasteiger charge is -2.37. The van der Waals surface area contributed by atoms with Crippen molar-refractivity contribution in [2.45, 2.75) is 36.2 Å². The molecule has 0 bridgehead atoms. The summed E-state index contributed by atoms with van der Waals surface area (Å²) >= 11 is 0.723. The average Bonchev–Trinajstić information content (AvgIpc) is 2.67. The number of halogens is 2. The Morgan fingerprint density at radius 2 is 2.06 bits per heavy atom. The summed E-state index contributed by atoms with van der Waals surface area (Å²) in [7, 11) is 0. The zero-order chi connectivity index (χ0) is 11.9. The van der Waals surface area contributed by atoms with E-state index in [0.29, 0.717) is 0 Å². The lowest BCUT2D eigenvalue weighted by Crippen LogP contribution is -2.55. The van der Waals surface area contributed by atoms with Crippen molar-refractivity contribution in [2.75, 3.05) is 6.61 Å². The maximum absolute atomic E-state index is 12.4. The molecule has 0 aromatic carbocycles. The third-order valence-electron chi connectivity index (χ3n) is 2.55. The van der Waals surface area contributed by atoms with Crippen molar-refractivity contribution in [1.29, 1.82) is 0 Å². The predicted molar refractivity (Wildman–Crippen MR) is 52.6 cm³/mol. The SMILES string of the molecule is OC[C@H]1O[C@H]2SC(C(F)F)=NC2[C@@H](O)[C@@H]1O. The van der Waals surface area contributed by atoms with E-state index in [-0.39, 0.29) is 0 Å². The van der Waals surface area contributed by atoms with E-state index in [2.05, 4.69) is 4.99 Å². The molecule has 5 atom stereocenters. The summed E-state index contributed by atoms with van der Waals surface area (Å²) in [4.78, 5) is 3.62. The van der Waals surface area contributed by atoms with Gasteiger partial charge in [0.1, 0.15) is 34.8 Å². The molecule has 0 radical (unpaired) electrons. The van der Waals surface area contributed by atoms with Gasteiger partial charge in [-0.1, -0.05) is 11.8 Å². The smallest absolute Gasteiger partial charge is 0.285 e. The standard InChI is InChI=1S/C8H11F2NO4S/c9-6(10)7-11-3-5(14)4(13)2(1-12)15-8(3)16-7/h2-6,8,12-14H,1H2/t2-,3?,4-,5-,8+/m1/s1. The molecule has 1 saturated heterocycles. The number of aliphatic imine (C=N–C) groups is 1. The van der Waals surface area contributed by atoms with Gasteiger partial charge in [0.25, 0.3) is 6.43 Å². The average molecular weight is 255 g/mol. The van der Waals surface area contributed by atoms with Crippen LogP contribution in [-0.4, -0.2) is 63.2 Å². The Morgan fingerprint density at radius 1 is 1.38 bits per heavy atom. The first-order valence-corrected chi connectivity index (χ1v) is 5.57. The van der Waals surface area contributed by atoms with Crippen LogP contribution in [0, 0.1) is 0 Å². The molecule has 5 nitrogen and oxygen atoms in total. The van der Waals surface area contributed by atoms with E-state index >= 15 is 0 Å². The molecule has 2 aliphatic rings. The van der Waals surface area contributed by atoms with Crippen LogP contribution >= 0.6 is 11.8 Å². The molecule has 16 heavy (non-hydrogen) atoms. The van der Waals surface area contributed by atoms with Gasteiger partial charge >= 0.3 is 0 Å². The number of aliphatic hydroxyl groups is 3. The second-order valence-corrected chi connectivity index (χ2v) is 4.70. The highest BCUT2D eigenvalue weighted by Crippen LogP contribution is 2.37. The molecule has 0 aliphatic carbocycles. The molecule has 2 rings (SSSR count). The zero-order valence-corrected chi connectivity index (χ0v) is 8.85. The molecular weight excluding hydrogens is 244 g/mol. The number of hydrogen-bond acceptors (Lipinski definition) is 6. The monoisotopic (exact) mass is 255 g/mol. The fourth-order valence-corrected chi connectivity index (χ4v) is 2.79. The Hall–Kier alpha value is -0.280. The molecule has 92 valence electrons.